The highest BCUT2D eigenvalue weighted by atomic mass is 19.4. The van der Waals surface area contributed by atoms with Gasteiger partial charge in [0.05, 0.1) is 40.9 Å². The molecule has 3 aromatic heterocycles. The van der Waals surface area contributed by atoms with Crippen molar-refractivity contribution >= 4 is 28.5 Å². The van der Waals surface area contributed by atoms with Crippen LogP contribution in [-0.2, 0) is 31.0 Å². The lowest BCUT2D eigenvalue weighted by molar-refractivity contribution is -0.137. The number of hydrogen-bond acceptors (Lipinski definition) is 5. The number of nitrogens with zero attached hydrogens (tertiary/aromatic N) is 4. The van der Waals surface area contributed by atoms with Crippen LogP contribution in [0.15, 0.2) is 79.3 Å². The molecule has 0 saturated carbocycles. The number of ether oxygens (including phenoxy) is 1. The first-order chi connectivity index (χ1) is 18.2. The van der Waals surface area contributed by atoms with E-state index in [9.17, 15) is 22.4 Å². The number of carbonyl (C=O) groups is 1. The summed E-state index contributed by atoms with van der Waals surface area (Å²) in [5.41, 5.74) is 0.381. The van der Waals surface area contributed by atoms with E-state index in [1.807, 2.05) is 24.5 Å². The van der Waals surface area contributed by atoms with Crippen LogP contribution in [0.1, 0.15) is 11.3 Å². The van der Waals surface area contributed by atoms with Crippen LogP contribution >= 0.6 is 0 Å². The number of pyridine rings is 1. The fourth-order valence-electron chi connectivity index (χ4n) is 3.96. The van der Waals surface area contributed by atoms with Gasteiger partial charge in [-0.1, -0.05) is 0 Å². The Balaban J connectivity index is 1.33. The van der Waals surface area contributed by atoms with Crippen molar-refractivity contribution < 1.29 is 27.1 Å². The first-order valence-corrected chi connectivity index (χ1v) is 11.5. The molecule has 0 saturated heterocycles. The van der Waals surface area contributed by atoms with Gasteiger partial charge in [0, 0.05) is 37.8 Å². The minimum atomic E-state index is -4.61. The molecule has 5 rings (SSSR count). The van der Waals surface area contributed by atoms with Crippen LogP contribution in [0.2, 0.25) is 0 Å². The highest BCUT2D eigenvalue weighted by Crippen LogP contribution is 2.33. The molecule has 7 nitrogen and oxygen atoms in total. The SMILES string of the molecule is Cn1c(Nc2cc(C(F)(F)F)ccc2F)nc2cc(Oc3ccnc(CC(=O)Cn4cccc4)c3)ccc21. The molecule has 5 aromatic rings. The van der Waals surface area contributed by atoms with E-state index in [-0.39, 0.29) is 30.4 Å². The van der Waals surface area contributed by atoms with Crippen molar-refractivity contribution in [3.63, 3.8) is 0 Å². The number of aryl methyl sites for hydroxylation is 1. The van der Waals surface area contributed by atoms with Gasteiger partial charge in [-0.25, -0.2) is 9.37 Å². The molecule has 38 heavy (non-hydrogen) atoms. The number of alkyl halides is 3. The molecule has 0 radical (unpaired) electrons. The zero-order valence-electron chi connectivity index (χ0n) is 20.0. The minimum absolute atomic E-state index is 0.00186. The van der Waals surface area contributed by atoms with Gasteiger partial charge in [-0.2, -0.15) is 13.2 Å². The van der Waals surface area contributed by atoms with Crippen LogP contribution in [0.5, 0.6) is 11.5 Å². The summed E-state index contributed by atoms with van der Waals surface area (Å²) in [5, 5.41) is 2.65. The van der Waals surface area contributed by atoms with E-state index in [0.717, 1.165) is 6.07 Å². The summed E-state index contributed by atoms with van der Waals surface area (Å²) in [4.78, 5) is 21.0. The molecular weight excluding hydrogens is 502 g/mol. The van der Waals surface area contributed by atoms with Crippen molar-refractivity contribution in [3.05, 3.63) is 96.3 Å². The zero-order chi connectivity index (χ0) is 26.9. The number of anilines is 2. The van der Waals surface area contributed by atoms with Gasteiger partial charge >= 0.3 is 6.18 Å². The second-order valence-electron chi connectivity index (χ2n) is 8.62. The molecule has 0 aliphatic carbocycles. The number of aromatic nitrogens is 4. The molecule has 1 N–H and O–H groups in total. The Morgan fingerprint density at radius 3 is 2.55 bits per heavy atom. The number of nitrogens with one attached hydrogen (secondary N) is 1. The molecule has 0 bridgehead atoms. The summed E-state index contributed by atoms with van der Waals surface area (Å²) in [6.07, 6.45) is 0.727. The Hall–Kier alpha value is -4.67. The smallest absolute Gasteiger partial charge is 0.416 e. The van der Waals surface area contributed by atoms with Gasteiger partial charge in [-0.05, 0) is 48.5 Å². The van der Waals surface area contributed by atoms with Crippen molar-refractivity contribution in [3.8, 4) is 11.5 Å². The fraction of sp³-hybridized carbons (Fsp3) is 0.148. The Bertz CT molecular complexity index is 1610. The molecular formula is C27H21F4N5O2. The Morgan fingerprint density at radius 2 is 1.79 bits per heavy atom. The van der Waals surface area contributed by atoms with E-state index in [1.54, 1.807) is 52.7 Å². The van der Waals surface area contributed by atoms with Gasteiger partial charge in [0.1, 0.15) is 17.3 Å². The van der Waals surface area contributed by atoms with Crippen molar-refractivity contribution in [2.24, 2.45) is 7.05 Å². The van der Waals surface area contributed by atoms with Gasteiger partial charge in [0.25, 0.3) is 0 Å². The third kappa shape index (κ3) is 5.51. The number of ketones is 1. The van der Waals surface area contributed by atoms with Gasteiger partial charge in [0.2, 0.25) is 5.95 Å². The minimum Gasteiger partial charge on any atom is -0.457 e. The molecule has 0 fully saturated rings. The number of benzene rings is 2. The average Bonchev–Trinajstić information content (AvgIpc) is 3.47. The van der Waals surface area contributed by atoms with Gasteiger partial charge in [-0.3, -0.25) is 9.78 Å². The van der Waals surface area contributed by atoms with E-state index in [0.29, 0.717) is 40.4 Å². The monoisotopic (exact) mass is 523 g/mol. The topological polar surface area (TPSA) is 74.0 Å². The lowest BCUT2D eigenvalue weighted by Crippen LogP contribution is -2.11. The maximum absolute atomic E-state index is 14.2. The van der Waals surface area contributed by atoms with Crippen molar-refractivity contribution in [2.75, 3.05) is 5.32 Å². The first kappa shape index (κ1) is 25.0. The molecule has 0 amide bonds. The van der Waals surface area contributed by atoms with Gasteiger partial charge < -0.3 is 19.2 Å². The molecule has 0 spiro atoms. The fourth-order valence-corrected chi connectivity index (χ4v) is 3.96. The Morgan fingerprint density at radius 1 is 1.03 bits per heavy atom. The maximum Gasteiger partial charge on any atom is 0.416 e. The second kappa shape index (κ2) is 10.0. The van der Waals surface area contributed by atoms with E-state index in [1.165, 1.54) is 0 Å². The zero-order valence-corrected chi connectivity index (χ0v) is 20.0. The summed E-state index contributed by atoms with van der Waals surface area (Å²) in [6, 6.07) is 14.3. The maximum atomic E-state index is 14.2. The number of rotatable bonds is 8. The summed E-state index contributed by atoms with van der Waals surface area (Å²) in [6.45, 7) is 0.247. The molecule has 11 heteroatoms. The standard InChI is InChI=1S/C27H21F4N5O2/c1-35-25-7-5-20(38-21-8-9-32-18(14-21)13-19(37)16-36-10-2-3-11-36)15-24(25)34-26(35)33-23-12-17(27(29,30)31)4-6-22(23)28/h2-12,14-15H,13,16H2,1H3,(H,33,34). The molecule has 0 atom stereocenters. The quantitative estimate of drug-likeness (QED) is 0.243. The van der Waals surface area contributed by atoms with Crippen molar-refractivity contribution in [1.82, 2.24) is 19.1 Å². The van der Waals surface area contributed by atoms with E-state index in [4.69, 9.17) is 4.74 Å². The lowest BCUT2D eigenvalue weighted by Gasteiger charge is -2.11. The van der Waals surface area contributed by atoms with Crippen LogP contribution in [-0.4, -0.2) is 24.9 Å². The van der Waals surface area contributed by atoms with Crippen LogP contribution in [0, 0.1) is 5.82 Å². The largest absolute Gasteiger partial charge is 0.457 e. The van der Waals surface area contributed by atoms with Gasteiger partial charge in [0.15, 0.2) is 5.78 Å². The summed E-state index contributed by atoms with van der Waals surface area (Å²) in [7, 11) is 1.66. The molecule has 2 aromatic carbocycles. The third-order valence-corrected chi connectivity index (χ3v) is 5.82. The summed E-state index contributed by atoms with van der Waals surface area (Å²) in [5.74, 6) is 0.238. The van der Waals surface area contributed by atoms with Crippen LogP contribution in [0.4, 0.5) is 29.2 Å². The number of fused-ring (bicyclic) bond motifs is 1. The van der Waals surface area contributed by atoms with Gasteiger partial charge in [-0.15, -0.1) is 0 Å². The van der Waals surface area contributed by atoms with Crippen molar-refractivity contribution in [2.45, 2.75) is 19.1 Å². The molecule has 0 unspecified atom stereocenters. The van der Waals surface area contributed by atoms with Crippen LogP contribution < -0.4 is 10.1 Å². The first-order valence-electron chi connectivity index (χ1n) is 11.5. The number of halogens is 4. The normalized spacial score (nSPS) is 11.6. The van der Waals surface area contributed by atoms with E-state index in [2.05, 4.69) is 15.3 Å². The molecule has 3 heterocycles. The average molecular weight is 523 g/mol. The van der Waals surface area contributed by atoms with Crippen LogP contribution in [0.3, 0.4) is 0 Å². The number of imidazole rings is 1. The van der Waals surface area contributed by atoms with Crippen LogP contribution in [0.25, 0.3) is 11.0 Å². The predicted octanol–water partition coefficient (Wildman–Crippen LogP) is 6.28. The van der Waals surface area contributed by atoms with E-state index >= 15 is 0 Å². The summed E-state index contributed by atoms with van der Waals surface area (Å²) < 4.78 is 62.8. The lowest BCUT2D eigenvalue weighted by atomic mass is 10.2. The number of Topliss-reactive ketones (excluding diaryl/α,β-unsaturated/α-hetero) is 1. The summed E-state index contributed by atoms with van der Waals surface area (Å²) >= 11 is 0. The van der Waals surface area contributed by atoms with Crippen molar-refractivity contribution in [1.29, 1.82) is 0 Å². The van der Waals surface area contributed by atoms with E-state index < -0.39 is 17.6 Å². The number of carbonyl (C=O) groups excluding carboxylic acids is 1. The molecule has 0 aliphatic heterocycles. The molecule has 0 aliphatic rings. The highest BCUT2D eigenvalue weighted by molar-refractivity contribution is 5.81. The third-order valence-electron chi connectivity index (χ3n) is 5.82. The highest BCUT2D eigenvalue weighted by Gasteiger charge is 2.31. The number of hydrogen-bond donors (Lipinski definition) is 1. The molecule has 194 valence electrons. The Labute approximate surface area is 214 Å². The Kier molecular flexibility index (Phi) is 6.58. The second-order valence-corrected chi connectivity index (χ2v) is 8.62. The predicted molar refractivity (Wildman–Crippen MR) is 133 cm³/mol.